The molecule has 0 spiro atoms. The highest BCUT2D eigenvalue weighted by Crippen LogP contribution is 2.15. The van der Waals surface area contributed by atoms with Gasteiger partial charge in [0.2, 0.25) is 0 Å². The van der Waals surface area contributed by atoms with Gasteiger partial charge in [-0.15, -0.1) is 11.3 Å². The summed E-state index contributed by atoms with van der Waals surface area (Å²) in [5.41, 5.74) is 0. The number of rotatable bonds is 5. The standard InChI is InChI=1S/C12H20N2S/c1-2-14(9-11-5-6-13-8-11)10-12-4-3-7-15-12/h3-4,7,11,13H,2,5-6,8-10H2,1H3. The highest BCUT2D eigenvalue weighted by atomic mass is 32.1. The van der Waals surface area contributed by atoms with Crippen molar-refractivity contribution >= 4 is 11.3 Å². The summed E-state index contributed by atoms with van der Waals surface area (Å²) in [4.78, 5) is 4.05. The predicted octanol–water partition coefficient (Wildman–Crippen LogP) is 2.18. The third-order valence-corrected chi connectivity index (χ3v) is 3.95. The zero-order valence-electron chi connectivity index (χ0n) is 9.41. The van der Waals surface area contributed by atoms with Gasteiger partial charge in [0.05, 0.1) is 0 Å². The highest BCUT2D eigenvalue weighted by Gasteiger charge is 2.17. The predicted molar refractivity (Wildman–Crippen MR) is 66.2 cm³/mol. The minimum atomic E-state index is 0.866. The Labute approximate surface area is 96.3 Å². The molecule has 84 valence electrons. The van der Waals surface area contributed by atoms with E-state index in [0.29, 0.717) is 0 Å². The Morgan fingerprint density at radius 3 is 3.13 bits per heavy atom. The molecule has 0 aromatic carbocycles. The molecule has 0 aliphatic carbocycles. The van der Waals surface area contributed by atoms with Crippen LogP contribution in [0.1, 0.15) is 18.2 Å². The van der Waals surface area contributed by atoms with E-state index in [4.69, 9.17) is 0 Å². The Balaban J connectivity index is 1.81. The third kappa shape index (κ3) is 3.30. The molecule has 1 atom stereocenters. The smallest absolute Gasteiger partial charge is 0.0327 e. The van der Waals surface area contributed by atoms with Crippen molar-refractivity contribution in [3.63, 3.8) is 0 Å². The van der Waals surface area contributed by atoms with Crippen LogP contribution in [-0.2, 0) is 6.54 Å². The van der Waals surface area contributed by atoms with Crippen LogP contribution in [0.5, 0.6) is 0 Å². The average Bonchev–Trinajstić information content (AvgIpc) is 2.89. The first-order valence-corrected chi connectivity index (χ1v) is 6.72. The van der Waals surface area contributed by atoms with Gasteiger partial charge in [0, 0.05) is 18.0 Å². The first-order valence-electron chi connectivity index (χ1n) is 5.84. The minimum absolute atomic E-state index is 0.866. The largest absolute Gasteiger partial charge is 0.316 e. The molecule has 1 unspecified atom stereocenters. The Kier molecular flexibility index (Phi) is 4.18. The molecule has 1 N–H and O–H groups in total. The second kappa shape index (κ2) is 5.64. The van der Waals surface area contributed by atoms with E-state index in [1.807, 2.05) is 11.3 Å². The summed E-state index contributed by atoms with van der Waals surface area (Å²) in [6.07, 6.45) is 1.35. The van der Waals surface area contributed by atoms with E-state index in [9.17, 15) is 0 Å². The number of thiophene rings is 1. The zero-order chi connectivity index (χ0) is 10.5. The Bertz CT molecular complexity index is 265. The maximum atomic E-state index is 3.44. The van der Waals surface area contributed by atoms with Crippen LogP contribution >= 0.6 is 11.3 Å². The molecule has 0 saturated carbocycles. The van der Waals surface area contributed by atoms with Crippen molar-refractivity contribution in [3.05, 3.63) is 22.4 Å². The second-order valence-corrected chi connectivity index (χ2v) is 5.30. The van der Waals surface area contributed by atoms with Crippen LogP contribution in [0.15, 0.2) is 17.5 Å². The lowest BCUT2D eigenvalue weighted by Crippen LogP contribution is -2.29. The van der Waals surface area contributed by atoms with Crippen LogP contribution in [-0.4, -0.2) is 31.1 Å². The molecule has 1 fully saturated rings. The molecule has 2 nitrogen and oxygen atoms in total. The van der Waals surface area contributed by atoms with Crippen molar-refractivity contribution < 1.29 is 0 Å². The van der Waals surface area contributed by atoms with E-state index >= 15 is 0 Å². The van der Waals surface area contributed by atoms with Gasteiger partial charge in [-0.2, -0.15) is 0 Å². The van der Waals surface area contributed by atoms with Crippen molar-refractivity contribution in [1.82, 2.24) is 10.2 Å². The van der Waals surface area contributed by atoms with Crippen LogP contribution in [0.2, 0.25) is 0 Å². The molecule has 0 amide bonds. The first kappa shape index (κ1) is 11.1. The number of nitrogens with one attached hydrogen (secondary N) is 1. The fraction of sp³-hybridized carbons (Fsp3) is 0.667. The van der Waals surface area contributed by atoms with Gasteiger partial charge in [-0.3, -0.25) is 4.90 Å². The summed E-state index contributed by atoms with van der Waals surface area (Å²) < 4.78 is 0. The van der Waals surface area contributed by atoms with E-state index in [0.717, 1.165) is 19.0 Å². The van der Waals surface area contributed by atoms with Gasteiger partial charge in [-0.05, 0) is 43.4 Å². The lowest BCUT2D eigenvalue weighted by Gasteiger charge is -2.22. The quantitative estimate of drug-likeness (QED) is 0.824. The lowest BCUT2D eigenvalue weighted by molar-refractivity contribution is 0.242. The van der Waals surface area contributed by atoms with Crippen molar-refractivity contribution in [2.75, 3.05) is 26.2 Å². The molecule has 0 bridgehead atoms. The van der Waals surface area contributed by atoms with Crippen molar-refractivity contribution in [2.24, 2.45) is 5.92 Å². The summed E-state index contributed by atoms with van der Waals surface area (Å²) in [5.74, 6) is 0.866. The lowest BCUT2D eigenvalue weighted by atomic mass is 10.1. The molecular formula is C12H20N2S. The number of hydrogen-bond acceptors (Lipinski definition) is 3. The minimum Gasteiger partial charge on any atom is -0.316 e. The normalized spacial score (nSPS) is 21.3. The van der Waals surface area contributed by atoms with Gasteiger partial charge in [0.1, 0.15) is 0 Å². The SMILES string of the molecule is CCN(Cc1cccs1)CC1CCNC1. The zero-order valence-corrected chi connectivity index (χ0v) is 10.2. The Morgan fingerprint density at radius 1 is 1.60 bits per heavy atom. The summed E-state index contributed by atoms with van der Waals surface area (Å²) >= 11 is 1.87. The van der Waals surface area contributed by atoms with Crippen LogP contribution in [0, 0.1) is 5.92 Å². The van der Waals surface area contributed by atoms with E-state index in [-0.39, 0.29) is 0 Å². The van der Waals surface area contributed by atoms with Gasteiger partial charge < -0.3 is 5.32 Å². The van der Waals surface area contributed by atoms with Gasteiger partial charge >= 0.3 is 0 Å². The summed E-state index contributed by atoms with van der Waals surface area (Å²) in [5, 5.41) is 5.60. The van der Waals surface area contributed by atoms with Crippen LogP contribution in [0.3, 0.4) is 0 Å². The van der Waals surface area contributed by atoms with Gasteiger partial charge in [0.25, 0.3) is 0 Å². The maximum Gasteiger partial charge on any atom is 0.0327 e. The molecular weight excluding hydrogens is 204 g/mol. The summed E-state index contributed by atoms with van der Waals surface area (Å²) in [6.45, 7) is 8.22. The fourth-order valence-corrected chi connectivity index (χ4v) is 2.91. The molecule has 15 heavy (non-hydrogen) atoms. The molecule has 1 aliphatic rings. The second-order valence-electron chi connectivity index (χ2n) is 4.27. The fourth-order valence-electron chi connectivity index (χ4n) is 2.16. The molecule has 1 aliphatic heterocycles. The van der Waals surface area contributed by atoms with Crippen molar-refractivity contribution in [3.8, 4) is 0 Å². The average molecular weight is 224 g/mol. The number of nitrogens with zero attached hydrogens (tertiary/aromatic N) is 1. The van der Waals surface area contributed by atoms with E-state index in [1.165, 1.54) is 30.9 Å². The Morgan fingerprint density at radius 2 is 2.53 bits per heavy atom. The molecule has 3 heteroatoms. The van der Waals surface area contributed by atoms with E-state index in [2.05, 4.69) is 34.7 Å². The summed E-state index contributed by atoms with van der Waals surface area (Å²) in [7, 11) is 0. The Hall–Kier alpha value is -0.380. The molecule has 2 rings (SSSR count). The molecule has 2 heterocycles. The van der Waals surface area contributed by atoms with Gasteiger partial charge in [0.15, 0.2) is 0 Å². The third-order valence-electron chi connectivity index (χ3n) is 3.09. The van der Waals surface area contributed by atoms with Gasteiger partial charge in [-0.1, -0.05) is 13.0 Å². The van der Waals surface area contributed by atoms with E-state index < -0.39 is 0 Å². The van der Waals surface area contributed by atoms with E-state index in [1.54, 1.807) is 0 Å². The van der Waals surface area contributed by atoms with Crippen LogP contribution in [0.4, 0.5) is 0 Å². The molecule has 0 radical (unpaired) electrons. The maximum absolute atomic E-state index is 3.44. The molecule has 1 aromatic rings. The molecule has 1 aromatic heterocycles. The van der Waals surface area contributed by atoms with Gasteiger partial charge in [-0.25, -0.2) is 0 Å². The molecule has 1 saturated heterocycles. The van der Waals surface area contributed by atoms with Crippen molar-refractivity contribution in [2.45, 2.75) is 19.9 Å². The highest BCUT2D eigenvalue weighted by molar-refractivity contribution is 7.09. The topological polar surface area (TPSA) is 15.3 Å². The number of hydrogen-bond donors (Lipinski definition) is 1. The van der Waals surface area contributed by atoms with Crippen molar-refractivity contribution in [1.29, 1.82) is 0 Å². The van der Waals surface area contributed by atoms with Crippen LogP contribution < -0.4 is 5.32 Å². The summed E-state index contributed by atoms with van der Waals surface area (Å²) in [6, 6.07) is 4.38. The van der Waals surface area contributed by atoms with Crippen LogP contribution in [0.25, 0.3) is 0 Å². The first-order chi connectivity index (χ1) is 7.38. The monoisotopic (exact) mass is 224 g/mol.